The molecule has 1 atom stereocenters. The maximum atomic E-state index is 13.4. The summed E-state index contributed by atoms with van der Waals surface area (Å²) >= 11 is 6.38. The standard InChI is InChI=1S/C18H22F2O5.C17H21BrF2O4.C17H21BrO5.C10H6F2O5/c1-17(2,3)24-15(22)11-8-12(14(19)20)13(7-10(11)9-21)16(23)25-18(4,5)6;1-16(2,3)23-14(21)10-8-12(18)11(7-9(10)13(19)20)15(22)24-17(4,5)6;1-16(2,3)22-14(20)11-8-13(18)12(7-10(11)9-19)15(21)23-17(4,5)6;11-7(12)3-1-5-6(2-4(3)8(13)14)10(16)17-9(5)15/h7-9,14H,1-6H3;7-8,13H,1-6H3;7-9H,1-6H3;1-2,7,10,16H,(H,13,14). The first-order chi connectivity index (χ1) is 40.2. The van der Waals surface area contributed by atoms with Gasteiger partial charge in [-0.15, -0.1) is 0 Å². The van der Waals surface area contributed by atoms with Gasteiger partial charge in [0.1, 0.15) is 33.6 Å². The first kappa shape index (κ1) is 77.6. The topological polar surface area (TPSA) is 276 Å². The summed E-state index contributed by atoms with van der Waals surface area (Å²) < 4.78 is 115. The molecule has 4 aromatic rings. The minimum atomic E-state index is -3.04. The van der Waals surface area contributed by atoms with Crippen LogP contribution < -0.4 is 0 Å². The summed E-state index contributed by atoms with van der Waals surface area (Å²) in [5.41, 5.74) is -8.81. The second kappa shape index (κ2) is 30.3. The average molecular weight is 1390 g/mol. The van der Waals surface area contributed by atoms with Gasteiger partial charge in [0.15, 0.2) is 12.6 Å². The van der Waals surface area contributed by atoms with Gasteiger partial charge < -0.3 is 43.4 Å². The number of hydrogen-bond donors (Lipinski definition) is 2. The van der Waals surface area contributed by atoms with E-state index in [2.05, 4.69) is 36.6 Å². The largest absolute Gasteiger partial charge is 0.478 e. The Morgan fingerprint density at radius 2 is 0.685 bits per heavy atom. The van der Waals surface area contributed by atoms with Gasteiger partial charge in [-0.1, -0.05) is 0 Å². The van der Waals surface area contributed by atoms with Crippen molar-refractivity contribution >= 4 is 92.2 Å². The highest BCUT2D eigenvalue weighted by Gasteiger charge is 2.35. The van der Waals surface area contributed by atoms with Crippen LogP contribution in [0.25, 0.3) is 0 Å². The van der Waals surface area contributed by atoms with Gasteiger partial charge in [-0.2, -0.15) is 0 Å². The highest BCUT2D eigenvalue weighted by atomic mass is 79.9. The predicted molar refractivity (Wildman–Crippen MR) is 315 cm³/mol. The third kappa shape index (κ3) is 24.4. The number of alkyl halides is 6. The van der Waals surface area contributed by atoms with E-state index in [-0.39, 0.29) is 54.5 Å². The third-order valence-corrected chi connectivity index (χ3v) is 11.6. The maximum Gasteiger partial charge on any atom is 0.341 e. The molecular weight excluding hydrogens is 1320 g/mol. The van der Waals surface area contributed by atoms with Crippen molar-refractivity contribution in [2.75, 3.05) is 0 Å². The Labute approximate surface area is 526 Å². The molecule has 0 radical (unpaired) electrons. The zero-order valence-electron chi connectivity index (χ0n) is 51.9. The molecule has 1 heterocycles. The first-order valence-corrected chi connectivity index (χ1v) is 28.1. The highest BCUT2D eigenvalue weighted by Crippen LogP contribution is 2.36. The molecule has 0 spiro atoms. The van der Waals surface area contributed by atoms with Crippen LogP contribution in [0.4, 0.5) is 26.3 Å². The number of aliphatic hydroxyl groups is 1. The number of carbonyl (C=O) groups is 10. The average Bonchev–Trinajstić information content (AvgIpc) is 2.40. The number of hydrogen-bond acceptors (Lipinski definition) is 18. The molecule has 0 saturated carbocycles. The smallest absolute Gasteiger partial charge is 0.341 e. The molecule has 0 bridgehead atoms. The number of rotatable bonds is 12. The second-order valence-electron chi connectivity index (χ2n) is 25.1. The van der Waals surface area contributed by atoms with Gasteiger partial charge in [0.05, 0.1) is 44.5 Å². The molecule has 1 unspecified atom stereocenters. The van der Waals surface area contributed by atoms with Gasteiger partial charge >= 0.3 is 47.8 Å². The van der Waals surface area contributed by atoms with Gasteiger partial charge in [-0.05, 0) is 205 Å². The van der Waals surface area contributed by atoms with Crippen molar-refractivity contribution < 1.29 is 118 Å². The van der Waals surface area contributed by atoms with Crippen LogP contribution in [0.3, 0.4) is 0 Å². The number of esters is 7. The Balaban J connectivity index is 0.000000408. The molecule has 89 heavy (non-hydrogen) atoms. The van der Waals surface area contributed by atoms with Gasteiger partial charge in [-0.3, -0.25) is 9.59 Å². The fourth-order valence-electron chi connectivity index (χ4n) is 7.00. The molecule has 2 N–H and O–H groups in total. The number of carboxylic acid groups (broad SMARTS) is 1. The van der Waals surface area contributed by atoms with Gasteiger partial charge in [0.2, 0.25) is 6.29 Å². The quantitative estimate of drug-likeness (QED) is 0.0577. The van der Waals surface area contributed by atoms with E-state index in [0.717, 1.165) is 36.4 Å². The highest BCUT2D eigenvalue weighted by molar-refractivity contribution is 9.10. The zero-order valence-corrected chi connectivity index (χ0v) is 55.1. The van der Waals surface area contributed by atoms with Crippen LogP contribution in [-0.4, -0.2) is 104 Å². The third-order valence-electron chi connectivity index (χ3n) is 10.3. The van der Waals surface area contributed by atoms with E-state index >= 15 is 0 Å². The van der Waals surface area contributed by atoms with E-state index in [4.69, 9.17) is 33.5 Å². The molecule has 0 fully saturated rings. The number of ether oxygens (including phenoxy) is 7. The number of aliphatic hydroxyl groups excluding tert-OH is 1. The molecule has 1 aliphatic heterocycles. The van der Waals surface area contributed by atoms with Crippen molar-refractivity contribution in [3.63, 3.8) is 0 Å². The lowest BCUT2D eigenvalue weighted by molar-refractivity contribution is -0.0549. The number of carbonyl (C=O) groups excluding carboxylic acids is 9. The number of carboxylic acids is 1. The lowest BCUT2D eigenvalue weighted by Crippen LogP contribution is -2.26. The van der Waals surface area contributed by atoms with Crippen molar-refractivity contribution in [2.45, 2.75) is 184 Å². The van der Waals surface area contributed by atoms with E-state index in [0.29, 0.717) is 17.0 Å². The van der Waals surface area contributed by atoms with Crippen LogP contribution in [0.5, 0.6) is 0 Å². The molecule has 0 amide bonds. The molecule has 4 aromatic carbocycles. The van der Waals surface area contributed by atoms with E-state index in [1.807, 2.05) is 0 Å². The Morgan fingerprint density at radius 3 is 1.00 bits per heavy atom. The molecule has 5 rings (SSSR count). The molecule has 27 heteroatoms. The molecule has 0 saturated heterocycles. The van der Waals surface area contributed by atoms with Crippen molar-refractivity contribution in [3.05, 3.63) is 135 Å². The summed E-state index contributed by atoms with van der Waals surface area (Å²) in [6.45, 7) is 29.9. The molecule has 19 nitrogen and oxygen atoms in total. The van der Waals surface area contributed by atoms with Crippen LogP contribution in [0, 0.1) is 0 Å². The van der Waals surface area contributed by atoms with E-state index in [1.54, 1.807) is 125 Å². The summed E-state index contributed by atoms with van der Waals surface area (Å²) in [4.78, 5) is 118. The van der Waals surface area contributed by atoms with Gasteiger partial charge in [0, 0.05) is 42.3 Å². The van der Waals surface area contributed by atoms with Crippen LogP contribution in [0.1, 0.15) is 276 Å². The lowest BCUT2D eigenvalue weighted by atomic mass is 9.98. The molecular formula is C62H70Br2F6O19. The monoisotopic (exact) mass is 1390 g/mol. The second-order valence-corrected chi connectivity index (χ2v) is 26.8. The van der Waals surface area contributed by atoms with Gasteiger partial charge in [0.25, 0.3) is 19.3 Å². The zero-order chi connectivity index (χ0) is 69.2. The Morgan fingerprint density at radius 1 is 0.427 bits per heavy atom. The van der Waals surface area contributed by atoms with E-state index in [1.165, 1.54) is 12.1 Å². The summed E-state index contributed by atoms with van der Waals surface area (Å²) in [5, 5.41) is 18.0. The normalized spacial score (nSPS) is 13.2. The van der Waals surface area contributed by atoms with Crippen molar-refractivity contribution in [2.24, 2.45) is 0 Å². The Hall–Kier alpha value is -7.52. The fourth-order valence-corrected chi connectivity index (χ4v) is 8.01. The summed E-state index contributed by atoms with van der Waals surface area (Å²) in [6, 6.07) is 8.15. The Bertz CT molecular complexity index is 3360. The minimum absolute atomic E-state index is 0.0725. The van der Waals surface area contributed by atoms with Crippen LogP contribution in [0.15, 0.2) is 57.5 Å². The number of cyclic esters (lactones) is 1. The maximum absolute atomic E-state index is 13.4. The molecule has 488 valence electrons. The SMILES string of the molecule is CC(C)(C)OC(=O)c1cc(C(F)F)c(C(=O)OC(C)(C)C)cc1Br.CC(C)(C)OC(=O)c1cc(C(F)F)c(C(=O)OC(C)(C)C)cc1C=O.CC(C)(C)OC(=O)c1cc(C=O)c(C(=O)OC(C)(C)C)cc1Br.O=C(O)c1cc2c(cc1C(F)F)C(=O)OC2O. The molecule has 0 aromatic heterocycles. The van der Waals surface area contributed by atoms with Crippen molar-refractivity contribution in [1.82, 2.24) is 0 Å². The summed E-state index contributed by atoms with van der Waals surface area (Å²) in [7, 11) is 0. The fraction of sp³-hybridized carbons (Fsp3) is 0.452. The summed E-state index contributed by atoms with van der Waals surface area (Å²) in [5.74, 6) is -7.28. The summed E-state index contributed by atoms with van der Waals surface area (Å²) in [6.07, 6.45) is -9.80. The van der Waals surface area contributed by atoms with Gasteiger partial charge in [-0.25, -0.2) is 64.7 Å². The predicted octanol–water partition coefficient (Wildman–Crippen LogP) is 15.3. The number of fused-ring (bicyclic) bond motifs is 1. The van der Waals surface area contributed by atoms with E-state index in [9.17, 15) is 79.4 Å². The number of aldehydes is 2. The minimum Gasteiger partial charge on any atom is -0.478 e. The van der Waals surface area contributed by atoms with Crippen molar-refractivity contribution in [3.8, 4) is 0 Å². The van der Waals surface area contributed by atoms with Crippen LogP contribution in [0.2, 0.25) is 0 Å². The van der Waals surface area contributed by atoms with Crippen LogP contribution >= 0.6 is 31.9 Å². The van der Waals surface area contributed by atoms with Crippen LogP contribution in [-0.2, 0) is 33.2 Å². The number of benzene rings is 4. The van der Waals surface area contributed by atoms with E-state index < -0.39 is 135 Å². The molecule has 0 aliphatic carbocycles. The van der Waals surface area contributed by atoms with Crippen molar-refractivity contribution in [1.29, 1.82) is 0 Å². The lowest BCUT2D eigenvalue weighted by Gasteiger charge is -2.22. The first-order valence-electron chi connectivity index (χ1n) is 26.5. The molecule has 1 aliphatic rings. The Kier molecular flexibility index (Phi) is 26.4. The number of aromatic carboxylic acids is 1. The number of halogens is 8.